The molecule has 1 amide bonds. The number of aryl methyl sites for hydroxylation is 2. The number of aromatic amines is 1. The zero-order valence-electron chi connectivity index (χ0n) is 13.0. The van der Waals surface area contributed by atoms with Crippen molar-refractivity contribution in [2.24, 2.45) is 0 Å². The average molecular weight is 307 g/mol. The van der Waals surface area contributed by atoms with Crippen LogP contribution in [-0.4, -0.2) is 15.9 Å². The summed E-state index contributed by atoms with van der Waals surface area (Å²) in [7, 11) is 0. The van der Waals surface area contributed by atoms with Crippen LogP contribution in [0.4, 0.5) is 0 Å². The number of benzene rings is 1. The summed E-state index contributed by atoms with van der Waals surface area (Å²) in [6.07, 6.45) is 1.66. The van der Waals surface area contributed by atoms with Crippen LogP contribution in [0.25, 0.3) is 10.9 Å². The Morgan fingerprint density at radius 1 is 1.22 bits per heavy atom. The first kappa shape index (κ1) is 15.0. The first-order valence-corrected chi connectivity index (χ1v) is 7.37. The molecule has 0 aliphatic rings. The Bertz CT molecular complexity index is 939. The number of H-pyrrole nitrogens is 1. The summed E-state index contributed by atoms with van der Waals surface area (Å²) >= 11 is 0. The molecular formula is C18H17N3O2. The van der Waals surface area contributed by atoms with E-state index in [2.05, 4.69) is 15.3 Å². The van der Waals surface area contributed by atoms with Crippen molar-refractivity contribution in [2.75, 3.05) is 0 Å². The molecule has 2 aromatic heterocycles. The maximum atomic E-state index is 12.5. The van der Waals surface area contributed by atoms with Gasteiger partial charge in [0.05, 0.1) is 11.1 Å². The van der Waals surface area contributed by atoms with Crippen LogP contribution >= 0.6 is 0 Å². The predicted molar refractivity (Wildman–Crippen MR) is 89.4 cm³/mol. The van der Waals surface area contributed by atoms with E-state index >= 15 is 0 Å². The van der Waals surface area contributed by atoms with Gasteiger partial charge in [-0.1, -0.05) is 18.2 Å². The molecule has 0 spiro atoms. The molecule has 1 aromatic carbocycles. The fourth-order valence-electron chi connectivity index (χ4n) is 2.65. The molecule has 3 rings (SSSR count). The summed E-state index contributed by atoms with van der Waals surface area (Å²) in [6, 6.07) is 11.1. The van der Waals surface area contributed by atoms with Crippen molar-refractivity contribution in [1.82, 2.24) is 15.3 Å². The monoisotopic (exact) mass is 307 g/mol. The number of carbonyl (C=O) groups is 1. The van der Waals surface area contributed by atoms with Crippen molar-refractivity contribution in [3.8, 4) is 0 Å². The summed E-state index contributed by atoms with van der Waals surface area (Å²) in [5, 5.41) is 3.72. The van der Waals surface area contributed by atoms with E-state index in [1.807, 2.05) is 44.2 Å². The lowest BCUT2D eigenvalue weighted by atomic mass is 10.1. The van der Waals surface area contributed by atoms with Gasteiger partial charge in [-0.3, -0.25) is 14.6 Å². The highest BCUT2D eigenvalue weighted by atomic mass is 16.1. The number of hydrogen-bond donors (Lipinski definition) is 2. The van der Waals surface area contributed by atoms with Crippen LogP contribution in [0.5, 0.6) is 0 Å². The third kappa shape index (κ3) is 2.99. The smallest absolute Gasteiger partial charge is 0.253 e. The van der Waals surface area contributed by atoms with Gasteiger partial charge in [-0.2, -0.15) is 0 Å². The van der Waals surface area contributed by atoms with Crippen LogP contribution in [0.2, 0.25) is 0 Å². The highest BCUT2D eigenvalue weighted by Crippen LogP contribution is 2.16. The summed E-state index contributed by atoms with van der Waals surface area (Å²) in [5.74, 6) is -0.242. The molecule has 3 aromatic rings. The van der Waals surface area contributed by atoms with E-state index in [0.717, 1.165) is 16.6 Å². The molecule has 0 aliphatic carbocycles. The number of nitrogens with one attached hydrogen (secondary N) is 2. The molecule has 0 saturated heterocycles. The van der Waals surface area contributed by atoms with Crippen LogP contribution in [0, 0.1) is 13.8 Å². The number of pyridine rings is 2. The molecule has 23 heavy (non-hydrogen) atoms. The molecular weight excluding hydrogens is 290 g/mol. The number of carbonyl (C=O) groups excluding carboxylic acids is 1. The molecule has 2 heterocycles. The van der Waals surface area contributed by atoms with Gasteiger partial charge in [0.15, 0.2) is 0 Å². The Hall–Kier alpha value is -2.95. The minimum Gasteiger partial charge on any atom is -0.348 e. The van der Waals surface area contributed by atoms with Gasteiger partial charge in [0.1, 0.15) is 0 Å². The Labute approximate surface area is 133 Å². The average Bonchev–Trinajstić information content (AvgIpc) is 2.53. The summed E-state index contributed by atoms with van der Waals surface area (Å²) in [4.78, 5) is 31.5. The fraction of sp³-hybridized carbons (Fsp3) is 0.167. The van der Waals surface area contributed by atoms with Crippen molar-refractivity contribution in [3.63, 3.8) is 0 Å². The lowest BCUT2D eigenvalue weighted by Gasteiger charge is -2.09. The van der Waals surface area contributed by atoms with E-state index in [0.29, 0.717) is 16.6 Å². The van der Waals surface area contributed by atoms with E-state index in [4.69, 9.17) is 0 Å². The Balaban J connectivity index is 1.87. The van der Waals surface area contributed by atoms with Crippen LogP contribution in [-0.2, 0) is 6.54 Å². The molecule has 0 saturated carbocycles. The zero-order chi connectivity index (χ0) is 16.4. The molecule has 0 fully saturated rings. The first-order chi connectivity index (χ1) is 11.1. The molecule has 2 N–H and O–H groups in total. The fourth-order valence-corrected chi connectivity index (χ4v) is 2.65. The molecule has 0 unspecified atom stereocenters. The molecule has 0 atom stereocenters. The van der Waals surface area contributed by atoms with Gasteiger partial charge in [0.25, 0.3) is 11.5 Å². The molecule has 0 bridgehead atoms. The number of amides is 1. The van der Waals surface area contributed by atoms with Crippen LogP contribution in [0.1, 0.15) is 27.2 Å². The molecule has 116 valence electrons. The van der Waals surface area contributed by atoms with Crippen LogP contribution in [0.15, 0.2) is 47.4 Å². The first-order valence-electron chi connectivity index (χ1n) is 7.37. The summed E-state index contributed by atoms with van der Waals surface area (Å²) < 4.78 is 0. The second-order valence-electron chi connectivity index (χ2n) is 5.51. The van der Waals surface area contributed by atoms with Gasteiger partial charge < -0.3 is 10.3 Å². The van der Waals surface area contributed by atoms with Gasteiger partial charge in [-0.25, -0.2) is 0 Å². The van der Waals surface area contributed by atoms with Gasteiger partial charge in [-0.15, -0.1) is 0 Å². The van der Waals surface area contributed by atoms with E-state index in [9.17, 15) is 9.59 Å². The highest BCUT2D eigenvalue weighted by molar-refractivity contribution is 6.05. The van der Waals surface area contributed by atoms with Gasteiger partial charge >= 0.3 is 0 Å². The predicted octanol–water partition coefficient (Wildman–Crippen LogP) is 2.47. The second-order valence-corrected chi connectivity index (χ2v) is 5.51. The van der Waals surface area contributed by atoms with Crippen LogP contribution < -0.4 is 10.9 Å². The molecule has 0 aliphatic heterocycles. The Morgan fingerprint density at radius 2 is 2.00 bits per heavy atom. The number of fused-ring (bicyclic) bond motifs is 1. The van der Waals surface area contributed by atoms with Crippen molar-refractivity contribution < 1.29 is 4.79 Å². The second kappa shape index (κ2) is 6.04. The normalized spacial score (nSPS) is 10.7. The third-order valence-corrected chi connectivity index (χ3v) is 3.80. The van der Waals surface area contributed by atoms with E-state index < -0.39 is 0 Å². The lowest BCUT2D eigenvalue weighted by Crippen LogP contribution is -2.28. The Morgan fingerprint density at radius 3 is 2.78 bits per heavy atom. The molecule has 5 nitrogen and oxygen atoms in total. The van der Waals surface area contributed by atoms with Crippen LogP contribution in [0.3, 0.4) is 0 Å². The van der Waals surface area contributed by atoms with E-state index in [1.54, 1.807) is 12.3 Å². The number of rotatable bonds is 3. The number of hydrogen-bond acceptors (Lipinski definition) is 3. The zero-order valence-corrected chi connectivity index (χ0v) is 13.0. The third-order valence-electron chi connectivity index (χ3n) is 3.80. The highest BCUT2D eigenvalue weighted by Gasteiger charge is 2.12. The standard InChI is InChI=1S/C18H17N3O2/c1-11-9-12(2)21-18(23)15(11)10-20-17(22)14-7-3-5-13-6-4-8-19-16(13)14/h3-9H,10H2,1-2H3,(H,20,22)(H,21,23). The SMILES string of the molecule is Cc1cc(C)c(CNC(=O)c2cccc3cccnc23)c(=O)[nH]1. The Kier molecular flexibility index (Phi) is 3.93. The van der Waals surface area contributed by atoms with Gasteiger partial charge in [-0.05, 0) is 37.6 Å². The lowest BCUT2D eigenvalue weighted by molar-refractivity contribution is 0.0952. The van der Waals surface area contributed by atoms with Crippen molar-refractivity contribution in [1.29, 1.82) is 0 Å². The molecule has 0 radical (unpaired) electrons. The topological polar surface area (TPSA) is 74.8 Å². The number of para-hydroxylation sites is 1. The summed E-state index contributed by atoms with van der Waals surface area (Å²) in [6.45, 7) is 3.88. The summed E-state index contributed by atoms with van der Waals surface area (Å²) in [5.41, 5.74) is 3.23. The van der Waals surface area contributed by atoms with Crippen molar-refractivity contribution >= 4 is 16.8 Å². The van der Waals surface area contributed by atoms with E-state index in [1.165, 1.54) is 0 Å². The number of nitrogens with zero attached hydrogens (tertiary/aromatic N) is 1. The van der Waals surface area contributed by atoms with E-state index in [-0.39, 0.29) is 18.0 Å². The maximum Gasteiger partial charge on any atom is 0.253 e. The minimum atomic E-state index is -0.242. The van der Waals surface area contributed by atoms with Crippen molar-refractivity contribution in [2.45, 2.75) is 20.4 Å². The largest absolute Gasteiger partial charge is 0.348 e. The number of aromatic nitrogens is 2. The van der Waals surface area contributed by atoms with Gasteiger partial charge in [0, 0.05) is 29.4 Å². The quantitative estimate of drug-likeness (QED) is 0.780. The van der Waals surface area contributed by atoms with Gasteiger partial charge in [0.2, 0.25) is 0 Å². The molecule has 5 heteroatoms. The minimum absolute atomic E-state index is 0.168. The van der Waals surface area contributed by atoms with Crippen molar-refractivity contribution in [3.05, 3.63) is 75.3 Å². The maximum absolute atomic E-state index is 12.5.